The number of nitrogens with one attached hydrogen (secondary N) is 1. The second-order valence-corrected chi connectivity index (χ2v) is 8.40. The molecule has 0 aliphatic heterocycles. The summed E-state index contributed by atoms with van der Waals surface area (Å²) < 4.78 is 1.51. The van der Waals surface area contributed by atoms with Crippen LogP contribution in [0.3, 0.4) is 0 Å². The second kappa shape index (κ2) is 7.72. The van der Waals surface area contributed by atoms with Crippen LogP contribution in [-0.2, 0) is 11.8 Å². The van der Waals surface area contributed by atoms with Gasteiger partial charge in [-0.25, -0.2) is 4.98 Å². The predicted octanol–water partition coefficient (Wildman–Crippen LogP) is 4.51. The first-order valence-electron chi connectivity index (χ1n) is 9.36. The minimum atomic E-state index is -0.410. The molecule has 0 aliphatic carbocycles. The molecule has 0 fully saturated rings. The van der Waals surface area contributed by atoms with E-state index >= 15 is 0 Å². The van der Waals surface area contributed by atoms with Crippen molar-refractivity contribution >= 4 is 45.0 Å². The van der Waals surface area contributed by atoms with Crippen molar-refractivity contribution in [3.05, 3.63) is 76.6 Å². The van der Waals surface area contributed by atoms with Gasteiger partial charge in [-0.3, -0.25) is 14.2 Å². The Morgan fingerprint density at radius 2 is 1.72 bits per heavy atom. The highest BCUT2D eigenvalue weighted by molar-refractivity contribution is 8.00. The molecule has 1 N–H and O–H groups in total. The number of fused-ring (bicyclic) bond motifs is 2. The Hall–Kier alpha value is -3.12. The minimum Gasteiger partial charge on any atom is -0.325 e. The van der Waals surface area contributed by atoms with E-state index in [0.29, 0.717) is 16.1 Å². The van der Waals surface area contributed by atoms with E-state index in [2.05, 4.69) is 10.3 Å². The Bertz CT molecular complexity index is 1280. The standard InChI is InChI=1S/C23H21N3O2S/c1-14-8-10-18(11-9-14)24-21(27)15(2)29-23-25-20-13-17-7-5-4-6-16(17)12-19(20)22(28)26(23)3/h4-13,15H,1-3H3,(H,24,27)/t15-/m1/s1. The van der Waals surface area contributed by atoms with Crippen molar-refractivity contribution in [3.63, 3.8) is 0 Å². The Morgan fingerprint density at radius 3 is 2.41 bits per heavy atom. The first-order valence-corrected chi connectivity index (χ1v) is 10.2. The van der Waals surface area contributed by atoms with Crippen molar-refractivity contribution in [2.45, 2.75) is 24.3 Å². The van der Waals surface area contributed by atoms with Gasteiger partial charge in [-0.1, -0.05) is 53.7 Å². The third kappa shape index (κ3) is 3.89. The Labute approximate surface area is 172 Å². The molecule has 6 heteroatoms. The molecule has 0 spiro atoms. The van der Waals surface area contributed by atoms with E-state index in [-0.39, 0.29) is 11.5 Å². The van der Waals surface area contributed by atoms with E-state index in [0.717, 1.165) is 22.0 Å². The van der Waals surface area contributed by atoms with Crippen LogP contribution in [0, 0.1) is 6.92 Å². The van der Waals surface area contributed by atoms with Gasteiger partial charge in [-0.15, -0.1) is 0 Å². The van der Waals surface area contributed by atoms with Crippen molar-refractivity contribution in [1.29, 1.82) is 0 Å². The molecule has 0 aliphatic rings. The van der Waals surface area contributed by atoms with Crippen LogP contribution in [0.25, 0.3) is 21.7 Å². The Kier molecular flexibility index (Phi) is 5.11. The molecule has 146 valence electrons. The lowest BCUT2D eigenvalue weighted by atomic mass is 10.1. The molecule has 0 bridgehead atoms. The topological polar surface area (TPSA) is 64.0 Å². The number of thioether (sulfide) groups is 1. The molecular weight excluding hydrogens is 382 g/mol. The van der Waals surface area contributed by atoms with Crippen LogP contribution in [-0.4, -0.2) is 20.7 Å². The fraction of sp³-hybridized carbons (Fsp3) is 0.174. The quantitative estimate of drug-likeness (QED) is 0.309. The van der Waals surface area contributed by atoms with Crippen molar-refractivity contribution in [2.75, 3.05) is 5.32 Å². The number of hydrogen-bond acceptors (Lipinski definition) is 4. The SMILES string of the molecule is Cc1ccc(NC(=O)[C@@H](C)Sc2nc3cc4ccccc4cc3c(=O)n2C)cc1. The monoisotopic (exact) mass is 403 g/mol. The number of aromatic nitrogens is 2. The molecule has 4 aromatic rings. The average molecular weight is 404 g/mol. The molecule has 1 atom stereocenters. The fourth-order valence-electron chi connectivity index (χ4n) is 3.14. The van der Waals surface area contributed by atoms with Gasteiger partial charge in [0.2, 0.25) is 5.91 Å². The summed E-state index contributed by atoms with van der Waals surface area (Å²) in [4.78, 5) is 30.1. The normalized spacial score (nSPS) is 12.2. The lowest BCUT2D eigenvalue weighted by Crippen LogP contribution is -2.25. The van der Waals surface area contributed by atoms with Crippen molar-refractivity contribution < 1.29 is 4.79 Å². The van der Waals surface area contributed by atoms with Gasteiger partial charge in [0.05, 0.1) is 16.2 Å². The summed E-state index contributed by atoms with van der Waals surface area (Å²) in [6.45, 7) is 3.81. The number of amides is 1. The van der Waals surface area contributed by atoms with Crippen molar-refractivity contribution in [2.24, 2.45) is 7.05 Å². The van der Waals surface area contributed by atoms with E-state index < -0.39 is 5.25 Å². The van der Waals surface area contributed by atoms with E-state index in [4.69, 9.17) is 0 Å². The molecule has 5 nitrogen and oxygen atoms in total. The molecule has 0 saturated carbocycles. The van der Waals surface area contributed by atoms with Crippen LogP contribution in [0.1, 0.15) is 12.5 Å². The number of rotatable bonds is 4. The maximum Gasteiger partial charge on any atom is 0.261 e. The summed E-state index contributed by atoms with van der Waals surface area (Å²) in [6.07, 6.45) is 0. The van der Waals surface area contributed by atoms with Crippen molar-refractivity contribution in [1.82, 2.24) is 9.55 Å². The minimum absolute atomic E-state index is 0.116. The lowest BCUT2D eigenvalue weighted by molar-refractivity contribution is -0.115. The summed E-state index contributed by atoms with van der Waals surface area (Å²) in [6, 6.07) is 19.3. The third-order valence-electron chi connectivity index (χ3n) is 4.87. The number of anilines is 1. The Balaban J connectivity index is 1.63. The van der Waals surface area contributed by atoms with Crippen LogP contribution in [0.4, 0.5) is 5.69 Å². The highest BCUT2D eigenvalue weighted by Gasteiger charge is 2.18. The van der Waals surface area contributed by atoms with E-state index in [9.17, 15) is 9.59 Å². The second-order valence-electron chi connectivity index (χ2n) is 7.09. The van der Waals surface area contributed by atoms with Gasteiger partial charge in [-0.2, -0.15) is 0 Å². The summed E-state index contributed by atoms with van der Waals surface area (Å²) in [5.74, 6) is -0.133. The zero-order chi connectivity index (χ0) is 20.5. The number of hydrogen-bond donors (Lipinski definition) is 1. The lowest BCUT2D eigenvalue weighted by Gasteiger charge is -2.14. The number of aryl methyl sites for hydroxylation is 1. The third-order valence-corrected chi connectivity index (χ3v) is 6.02. The van der Waals surface area contributed by atoms with E-state index in [1.165, 1.54) is 16.3 Å². The van der Waals surface area contributed by atoms with Crippen molar-refractivity contribution in [3.8, 4) is 0 Å². The number of carbonyl (C=O) groups is 1. The summed E-state index contributed by atoms with van der Waals surface area (Å²) >= 11 is 1.27. The van der Waals surface area contributed by atoms with Gasteiger partial charge in [0, 0.05) is 12.7 Å². The average Bonchev–Trinajstić information content (AvgIpc) is 2.72. The highest BCUT2D eigenvalue weighted by atomic mass is 32.2. The molecule has 4 rings (SSSR count). The molecule has 3 aromatic carbocycles. The predicted molar refractivity (Wildman–Crippen MR) is 120 cm³/mol. The largest absolute Gasteiger partial charge is 0.325 e. The first kappa shape index (κ1) is 19.2. The van der Waals surface area contributed by atoms with Gasteiger partial charge in [0.15, 0.2) is 5.16 Å². The van der Waals surface area contributed by atoms with Crippen LogP contribution < -0.4 is 10.9 Å². The molecule has 0 radical (unpaired) electrons. The Morgan fingerprint density at radius 1 is 1.07 bits per heavy atom. The van der Waals surface area contributed by atoms with E-state index in [1.807, 2.05) is 74.5 Å². The van der Waals surface area contributed by atoms with Gasteiger partial charge in [0.1, 0.15) is 0 Å². The molecule has 1 heterocycles. The van der Waals surface area contributed by atoms with E-state index in [1.54, 1.807) is 7.05 Å². The summed E-state index contributed by atoms with van der Waals surface area (Å²) in [5.41, 5.74) is 2.41. The summed E-state index contributed by atoms with van der Waals surface area (Å²) in [5, 5.41) is 5.63. The molecule has 1 aromatic heterocycles. The van der Waals surface area contributed by atoms with Crippen LogP contribution in [0.5, 0.6) is 0 Å². The maximum atomic E-state index is 12.9. The smallest absolute Gasteiger partial charge is 0.261 e. The molecule has 29 heavy (non-hydrogen) atoms. The molecule has 0 saturated heterocycles. The van der Waals surface area contributed by atoms with Crippen LogP contribution in [0.2, 0.25) is 0 Å². The van der Waals surface area contributed by atoms with Gasteiger partial charge >= 0.3 is 0 Å². The highest BCUT2D eigenvalue weighted by Crippen LogP contribution is 2.25. The number of carbonyl (C=O) groups excluding carboxylic acids is 1. The number of benzene rings is 3. The summed E-state index contributed by atoms with van der Waals surface area (Å²) in [7, 11) is 1.69. The molecular formula is C23H21N3O2S. The maximum absolute atomic E-state index is 12.9. The fourth-order valence-corrected chi connectivity index (χ4v) is 4.01. The first-order chi connectivity index (χ1) is 13.9. The van der Waals surface area contributed by atoms with Gasteiger partial charge < -0.3 is 5.32 Å². The zero-order valence-corrected chi connectivity index (χ0v) is 17.3. The van der Waals surface area contributed by atoms with Crippen LogP contribution in [0.15, 0.2) is 70.6 Å². The van der Waals surface area contributed by atoms with Crippen LogP contribution >= 0.6 is 11.8 Å². The zero-order valence-electron chi connectivity index (χ0n) is 16.5. The molecule has 1 amide bonds. The molecule has 0 unspecified atom stereocenters. The number of nitrogens with zero attached hydrogens (tertiary/aromatic N) is 2. The van der Waals surface area contributed by atoms with Gasteiger partial charge in [-0.05, 0) is 48.9 Å². The van der Waals surface area contributed by atoms with Gasteiger partial charge in [0.25, 0.3) is 5.56 Å².